The van der Waals surface area contributed by atoms with Crippen LogP contribution in [-0.4, -0.2) is 71.9 Å². The molecule has 0 aliphatic carbocycles. The molecule has 18 heavy (non-hydrogen) atoms. The summed E-state index contributed by atoms with van der Waals surface area (Å²) < 4.78 is 0. The van der Waals surface area contributed by atoms with Gasteiger partial charge in [-0.25, -0.2) is 0 Å². The summed E-state index contributed by atoms with van der Waals surface area (Å²) in [6, 6.07) is 9.85. The van der Waals surface area contributed by atoms with E-state index in [4.69, 9.17) is 10.2 Å². The van der Waals surface area contributed by atoms with Crippen molar-refractivity contribution in [3.63, 3.8) is 0 Å². The summed E-state index contributed by atoms with van der Waals surface area (Å²) >= 11 is 8.46. The minimum absolute atomic E-state index is 0. The number of hydrogen-bond donors (Lipinski definition) is 4. The number of thiocarbonyl (C=S) groups is 2. The number of aliphatic hydroxyl groups is 2. The van der Waals surface area contributed by atoms with Gasteiger partial charge in [0.15, 0.2) is 0 Å². The van der Waals surface area contributed by atoms with Crippen LogP contribution in [0.4, 0.5) is 0 Å². The second-order valence-electron chi connectivity index (χ2n) is 3.76. The molecule has 0 heterocycles. The fourth-order valence-electron chi connectivity index (χ4n) is 1.19. The van der Waals surface area contributed by atoms with Crippen molar-refractivity contribution < 1.29 is 10.2 Å². The molecular weight excluding hydrogens is 295 g/mol. The van der Waals surface area contributed by atoms with Gasteiger partial charge in [-0.3, -0.25) is 0 Å². The van der Waals surface area contributed by atoms with Gasteiger partial charge in [-0.15, -0.1) is 0 Å². The molecule has 1 aromatic rings. The zero-order valence-electron chi connectivity index (χ0n) is 9.68. The average Bonchev–Trinajstić information content (AvgIpc) is 2.16. The number of nitrogens with one attached hydrogen (secondary N) is 1. The summed E-state index contributed by atoms with van der Waals surface area (Å²) in [4.78, 5) is 0. The summed E-state index contributed by atoms with van der Waals surface area (Å²) in [5.74, 6) is 0. The second kappa shape index (κ2) is 10.1. The fraction of sp³-hybridized carbons (Fsp3) is 0.273. The molecule has 1 aromatic carbocycles. The molecule has 0 saturated carbocycles. The van der Waals surface area contributed by atoms with Crippen LogP contribution in [-0.2, 0) is 5.54 Å². The van der Waals surface area contributed by atoms with E-state index >= 15 is 0 Å². The molecule has 0 aliphatic heterocycles. The van der Waals surface area contributed by atoms with Gasteiger partial charge in [0, 0.05) is 0 Å². The molecule has 0 saturated heterocycles. The Morgan fingerprint density at radius 3 is 1.89 bits per heavy atom. The van der Waals surface area contributed by atoms with Crippen LogP contribution in [0.3, 0.4) is 0 Å². The molecule has 0 amide bonds. The molecule has 1 rings (SSSR count). The third kappa shape index (κ3) is 10.2. The first-order chi connectivity index (χ1) is 7.75. The maximum absolute atomic E-state index is 8.97. The van der Waals surface area contributed by atoms with Crippen molar-refractivity contribution >= 4 is 86.2 Å². The first kappa shape index (κ1) is 20.6. The standard InChI is InChI=1S/C10H13NOS.CH3NOS.K.H/c1-10(2,11-9(12)13)8-6-4-3-5-7-8;2-1(3)4;;/h3-7H,1-2H3,(H2,11,12,13);(H3,2,3,4);;. The topological polar surface area (TPSA) is 78.5 Å². The van der Waals surface area contributed by atoms with Crippen molar-refractivity contribution in [1.29, 1.82) is 0 Å². The Morgan fingerprint density at radius 1 is 1.17 bits per heavy atom. The van der Waals surface area contributed by atoms with Crippen LogP contribution in [0.5, 0.6) is 0 Å². The van der Waals surface area contributed by atoms with Crippen LogP contribution < -0.4 is 11.1 Å². The summed E-state index contributed by atoms with van der Waals surface area (Å²) in [6.45, 7) is 3.93. The van der Waals surface area contributed by atoms with E-state index in [2.05, 4.69) is 35.5 Å². The number of benzene rings is 1. The third-order valence-corrected chi connectivity index (χ3v) is 2.02. The van der Waals surface area contributed by atoms with Gasteiger partial charge in [-0.2, -0.15) is 0 Å². The molecule has 0 spiro atoms. The van der Waals surface area contributed by atoms with Crippen molar-refractivity contribution in [2.45, 2.75) is 19.4 Å². The van der Waals surface area contributed by atoms with Crippen LogP contribution in [0, 0.1) is 0 Å². The Hall–Kier alpha value is 0.236. The van der Waals surface area contributed by atoms with Gasteiger partial charge in [0.1, 0.15) is 0 Å². The Balaban J connectivity index is 0. The van der Waals surface area contributed by atoms with Crippen LogP contribution in [0.2, 0.25) is 0 Å². The molecule has 0 radical (unpaired) electrons. The number of rotatable bonds is 2. The van der Waals surface area contributed by atoms with Crippen molar-refractivity contribution in [3.8, 4) is 0 Å². The molecule has 96 valence electrons. The van der Waals surface area contributed by atoms with Crippen LogP contribution >= 0.6 is 24.4 Å². The summed E-state index contributed by atoms with van der Waals surface area (Å²) in [5, 5.41) is 18.7. The first-order valence-electron chi connectivity index (χ1n) is 4.80. The van der Waals surface area contributed by atoms with E-state index in [1.54, 1.807) is 0 Å². The fourth-order valence-corrected chi connectivity index (χ4v) is 1.45. The zero-order valence-corrected chi connectivity index (χ0v) is 11.3. The summed E-state index contributed by atoms with van der Waals surface area (Å²) in [5.41, 5.74) is 5.16. The molecular formula is C11H17KN2O2S2. The number of aliphatic hydroxyl groups excluding tert-OH is 2. The van der Waals surface area contributed by atoms with E-state index in [1.165, 1.54) is 0 Å². The van der Waals surface area contributed by atoms with E-state index in [-0.39, 0.29) is 62.1 Å². The Morgan fingerprint density at radius 2 is 1.56 bits per heavy atom. The summed E-state index contributed by atoms with van der Waals surface area (Å²) in [6.07, 6.45) is 0. The maximum atomic E-state index is 8.97. The van der Waals surface area contributed by atoms with E-state index < -0.39 is 5.17 Å². The van der Waals surface area contributed by atoms with E-state index in [9.17, 15) is 0 Å². The van der Waals surface area contributed by atoms with Crippen molar-refractivity contribution in [3.05, 3.63) is 35.9 Å². The monoisotopic (exact) mass is 312 g/mol. The van der Waals surface area contributed by atoms with Gasteiger partial charge in [-0.05, 0) is 43.8 Å². The number of nitrogens with two attached hydrogens (primary N) is 1. The van der Waals surface area contributed by atoms with Gasteiger partial charge >= 0.3 is 51.4 Å². The normalized spacial score (nSPS) is 9.22. The van der Waals surface area contributed by atoms with Gasteiger partial charge in [-0.1, -0.05) is 30.3 Å². The van der Waals surface area contributed by atoms with Gasteiger partial charge < -0.3 is 21.3 Å². The van der Waals surface area contributed by atoms with Crippen LogP contribution in [0.1, 0.15) is 19.4 Å². The van der Waals surface area contributed by atoms with E-state index in [0.29, 0.717) is 0 Å². The molecule has 0 unspecified atom stereocenters. The molecule has 0 fully saturated rings. The minimum atomic E-state index is -0.500. The second-order valence-corrected chi connectivity index (χ2v) is 4.56. The van der Waals surface area contributed by atoms with Crippen molar-refractivity contribution in [1.82, 2.24) is 5.32 Å². The average molecular weight is 313 g/mol. The zero-order chi connectivity index (χ0) is 13.5. The molecule has 7 heteroatoms. The Labute approximate surface area is 160 Å². The number of hydrogen-bond acceptors (Lipinski definition) is 2. The van der Waals surface area contributed by atoms with Crippen molar-refractivity contribution in [2.24, 2.45) is 5.73 Å². The molecule has 5 N–H and O–H groups in total. The first-order valence-corrected chi connectivity index (χ1v) is 5.62. The van der Waals surface area contributed by atoms with E-state index in [0.717, 1.165) is 5.56 Å². The Bertz CT molecular complexity index is 382. The van der Waals surface area contributed by atoms with Crippen LogP contribution in [0.25, 0.3) is 0 Å². The van der Waals surface area contributed by atoms with Crippen LogP contribution in [0.15, 0.2) is 30.3 Å². The van der Waals surface area contributed by atoms with Gasteiger partial charge in [0.2, 0.25) is 0 Å². The predicted octanol–water partition coefficient (Wildman–Crippen LogP) is 1.49. The molecule has 0 atom stereocenters. The molecule has 0 aliphatic rings. The quantitative estimate of drug-likeness (QED) is 0.490. The van der Waals surface area contributed by atoms with Gasteiger partial charge in [0.05, 0.1) is 5.54 Å². The van der Waals surface area contributed by atoms with Crippen molar-refractivity contribution in [2.75, 3.05) is 0 Å². The Kier molecular flexibility index (Phi) is 11.5. The molecule has 0 aromatic heterocycles. The molecule has 4 nitrogen and oxygen atoms in total. The summed E-state index contributed by atoms with van der Waals surface area (Å²) in [7, 11) is 0. The predicted molar refractivity (Wildman–Crippen MR) is 84.4 cm³/mol. The van der Waals surface area contributed by atoms with E-state index in [1.807, 2.05) is 44.2 Å². The molecule has 0 bridgehead atoms. The SMILES string of the molecule is CC(C)(NC(O)=S)c1ccccc1.NC(O)=S.[KH]. The van der Waals surface area contributed by atoms with Gasteiger partial charge in [0.25, 0.3) is 10.3 Å². The third-order valence-electron chi connectivity index (χ3n) is 1.91.